The third-order valence-electron chi connectivity index (χ3n) is 6.18. The molecule has 0 saturated heterocycles. The van der Waals surface area contributed by atoms with E-state index in [4.69, 9.17) is 0 Å². The van der Waals surface area contributed by atoms with Crippen LogP contribution in [-0.2, 0) is 14.3 Å². The molecule has 4 aliphatic rings. The maximum Gasteiger partial charge on any atom is 0.325 e. The normalized spacial score (nSPS) is 36.3. The maximum atomic E-state index is 12.3. The molecule has 0 aromatic rings. The van der Waals surface area contributed by atoms with E-state index >= 15 is 0 Å². The topological polar surface area (TPSA) is 46.6 Å². The van der Waals surface area contributed by atoms with E-state index in [0.29, 0.717) is 0 Å². The third kappa shape index (κ3) is 2.80. The lowest BCUT2D eigenvalue weighted by Gasteiger charge is -2.57. The summed E-state index contributed by atoms with van der Waals surface area (Å²) in [6.07, 6.45) is 9.77. The maximum absolute atomic E-state index is 12.3. The molecule has 0 aromatic carbocycles. The number of allylic oxidation sites excluding steroid dienone is 1. The highest BCUT2D eigenvalue weighted by atomic mass is 16.5. The van der Waals surface area contributed by atoms with Crippen LogP contribution < -0.4 is 0 Å². The zero-order valence-corrected chi connectivity index (χ0v) is 13.9. The fraction of sp³-hybridized carbons (Fsp3) is 0.778. The van der Waals surface area contributed by atoms with Crippen molar-refractivity contribution in [2.45, 2.75) is 45.4 Å². The van der Waals surface area contributed by atoms with Crippen molar-refractivity contribution in [3.63, 3.8) is 0 Å². The summed E-state index contributed by atoms with van der Waals surface area (Å²) >= 11 is 0. The molecule has 4 saturated carbocycles. The van der Waals surface area contributed by atoms with Crippen LogP contribution in [0.1, 0.15) is 45.4 Å². The largest absolute Gasteiger partial charge is 0.468 e. The molecular weight excluding hydrogens is 278 g/mol. The Hall–Kier alpha value is -1.32. The summed E-state index contributed by atoms with van der Waals surface area (Å²) in [5, 5.41) is 0. The molecule has 0 atom stereocenters. The van der Waals surface area contributed by atoms with Gasteiger partial charge in [-0.3, -0.25) is 9.59 Å². The molecule has 4 rings (SSSR count). The minimum atomic E-state index is -0.378. The van der Waals surface area contributed by atoms with Gasteiger partial charge in [-0.2, -0.15) is 0 Å². The average molecular weight is 305 g/mol. The number of carbonyl (C=O) groups excluding carboxylic acids is 2. The molecule has 122 valence electrons. The van der Waals surface area contributed by atoms with E-state index < -0.39 is 0 Å². The lowest BCUT2D eigenvalue weighted by Crippen LogP contribution is -2.46. The number of hydrogen-bond acceptors (Lipinski definition) is 3. The molecule has 0 aromatic heterocycles. The number of carbonyl (C=O) groups is 2. The monoisotopic (exact) mass is 305 g/mol. The standard InChI is InChI=1S/C18H27NO3/c1-12(4-16(20)19(2)11-17(21)22-3)18-8-13-5-14(9-18)7-15(6-13)10-18/h4,13-15H,5-11H2,1-3H3. The quantitative estimate of drug-likeness (QED) is 0.593. The van der Waals surface area contributed by atoms with Gasteiger partial charge in [0.2, 0.25) is 5.91 Å². The Kier molecular flexibility index (Phi) is 4.04. The predicted molar refractivity (Wildman–Crippen MR) is 84.0 cm³/mol. The van der Waals surface area contributed by atoms with Gasteiger partial charge in [-0.25, -0.2) is 0 Å². The molecule has 0 aliphatic heterocycles. The zero-order chi connectivity index (χ0) is 15.9. The van der Waals surface area contributed by atoms with Crippen molar-refractivity contribution in [3.05, 3.63) is 11.6 Å². The van der Waals surface area contributed by atoms with Crippen LogP contribution >= 0.6 is 0 Å². The highest BCUT2D eigenvalue weighted by Crippen LogP contribution is 2.62. The van der Waals surface area contributed by atoms with Gasteiger partial charge < -0.3 is 9.64 Å². The molecule has 22 heavy (non-hydrogen) atoms. The Bertz CT molecular complexity index is 473. The lowest BCUT2D eigenvalue weighted by atomic mass is 9.48. The first-order valence-electron chi connectivity index (χ1n) is 8.42. The number of likely N-dealkylation sites (N-methyl/N-ethyl adjacent to an activating group) is 1. The Morgan fingerprint density at radius 3 is 2.09 bits per heavy atom. The van der Waals surface area contributed by atoms with Crippen molar-refractivity contribution >= 4 is 11.9 Å². The van der Waals surface area contributed by atoms with Crippen LogP contribution in [0.3, 0.4) is 0 Å². The van der Waals surface area contributed by atoms with E-state index in [1.54, 1.807) is 13.1 Å². The molecule has 0 spiro atoms. The smallest absolute Gasteiger partial charge is 0.325 e. The Morgan fingerprint density at radius 2 is 1.64 bits per heavy atom. The summed E-state index contributed by atoms with van der Waals surface area (Å²) in [4.78, 5) is 25.1. The number of nitrogens with zero attached hydrogens (tertiary/aromatic N) is 1. The minimum Gasteiger partial charge on any atom is -0.468 e. The highest BCUT2D eigenvalue weighted by Gasteiger charge is 2.51. The number of rotatable bonds is 4. The van der Waals surface area contributed by atoms with E-state index in [1.165, 1.54) is 56.1 Å². The molecule has 0 radical (unpaired) electrons. The zero-order valence-electron chi connectivity index (χ0n) is 13.9. The second-order valence-corrected chi connectivity index (χ2v) is 7.80. The molecule has 0 heterocycles. The first kappa shape index (κ1) is 15.6. The fourth-order valence-electron chi connectivity index (χ4n) is 5.38. The summed E-state index contributed by atoms with van der Waals surface area (Å²) in [6.45, 7) is 2.14. The lowest BCUT2D eigenvalue weighted by molar-refractivity contribution is -0.144. The summed E-state index contributed by atoms with van der Waals surface area (Å²) in [6, 6.07) is 0. The average Bonchev–Trinajstić information content (AvgIpc) is 2.45. The van der Waals surface area contributed by atoms with Gasteiger partial charge in [-0.1, -0.05) is 5.57 Å². The number of esters is 1. The number of hydrogen-bond donors (Lipinski definition) is 0. The molecule has 4 nitrogen and oxygen atoms in total. The predicted octanol–water partition coefficient (Wildman–Crippen LogP) is 2.78. The first-order chi connectivity index (χ1) is 10.4. The summed E-state index contributed by atoms with van der Waals surface area (Å²) in [5.41, 5.74) is 1.49. The fourth-order valence-corrected chi connectivity index (χ4v) is 5.38. The molecule has 0 unspecified atom stereocenters. The van der Waals surface area contributed by atoms with Crippen molar-refractivity contribution in [2.24, 2.45) is 23.2 Å². The van der Waals surface area contributed by atoms with Gasteiger partial charge >= 0.3 is 5.97 Å². The first-order valence-corrected chi connectivity index (χ1v) is 8.42. The SMILES string of the molecule is COC(=O)CN(C)C(=O)C=C(C)C12CC3CC(CC(C3)C1)C2. The van der Waals surface area contributed by atoms with Gasteiger partial charge in [0.1, 0.15) is 6.54 Å². The Morgan fingerprint density at radius 1 is 1.14 bits per heavy atom. The van der Waals surface area contributed by atoms with E-state index in [-0.39, 0.29) is 23.8 Å². The van der Waals surface area contributed by atoms with Crippen LogP contribution in [0.25, 0.3) is 0 Å². The molecule has 4 aliphatic carbocycles. The second kappa shape index (κ2) is 5.71. The van der Waals surface area contributed by atoms with Gasteiger partial charge in [0.05, 0.1) is 7.11 Å². The summed E-state index contributed by atoms with van der Waals surface area (Å²) in [7, 11) is 3.00. The molecular formula is C18H27NO3. The van der Waals surface area contributed by atoms with Crippen molar-refractivity contribution in [1.29, 1.82) is 0 Å². The van der Waals surface area contributed by atoms with Crippen molar-refractivity contribution in [3.8, 4) is 0 Å². The van der Waals surface area contributed by atoms with Crippen LogP contribution in [0.2, 0.25) is 0 Å². The van der Waals surface area contributed by atoms with E-state index in [1.807, 2.05) is 0 Å². The summed E-state index contributed by atoms with van der Waals surface area (Å²) in [5.74, 6) is 2.16. The van der Waals surface area contributed by atoms with Crippen LogP contribution in [0.15, 0.2) is 11.6 Å². The Balaban J connectivity index is 1.71. The molecule has 4 fully saturated rings. The number of amides is 1. The van der Waals surface area contributed by atoms with Crippen molar-refractivity contribution < 1.29 is 14.3 Å². The van der Waals surface area contributed by atoms with E-state index in [9.17, 15) is 9.59 Å². The van der Waals surface area contributed by atoms with Crippen molar-refractivity contribution in [2.75, 3.05) is 20.7 Å². The highest BCUT2D eigenvalue weighted by molar-refractivity contribution is 5.90. The summed E-state index contributed by atoms with van der Waals surface area (Å²) < 4.78 is 4.62. The van der Waals surface area contributed by atoms with Crippen LogP contribution in [0, 0.1) is 23.2 Å². The van der Waals surface area contributed by atoms with Gasteiger partial charge in [-0.05, 0) is 68.6 Å². The van der Waals surface area contributed by atoms with Gasteiger partial charge in [0, 0.05) is 13.1 Å². The van der Waals surface area contributed by atoms with Crippen LogP contribution in [0.4, 0.5) is 0 Å². The molecule has 1 amide bonds. The van der Waals surface area contributed by atoms with Crippen molar-refractivity contribution in [1.82, 2.24) is 4.90 Å². The number of ether oxygens (including phenoxy) is 1. The van der Waals surface area contributed by atoms with Gasteiger partial charge in [0.25, 0.3) is 0 Å². The van der Waals surface area contributed by atoms with Gasteiger partial charge in [0.15, 0.2) is 0 Å². The Labute approximate surface area is 132 Å². The minimum absolute atomic E-state index is 0.0139. The van der Waals surface area contributed by atoms with Crippen LogP contribution in [0.5, 0.6) is 0 Å². The molecule has 0 N–H and O–H groups in total. The third-order valence-corrected chi connectivity index (χ3v) is 6.18. The van der Waals surface area contributed by atoms with Gasteiger partial charge in [-0.15, -0.1) is 0 Å². The molecule has 4 heteroatoms. The second-order valence-electron chi connectivity index (χ2n) is 7.80. The molecule has 4 bridgehead atoms. The van der Waals surface area contributed by atoms with E-state index in [0.717, 1.165) is 17.8 Å². The van der Waals surface area contributed by atoms with Crippen LogP contribution in [-0.4, -0.2) is 37.5 Å². The number of methoxy groups -OCH3 is 1. The van der Waals surface area contributed by atoms with E-state index in [2.05, 4.69) is 11.7 Å².